The highest BCUT2D eigenvalue weighted by atomic mass is 16.2. The number of rotatable bonds is 4. The summed E-state index contributed by atoms with van der Waals surface area (Å²) in [5, 5.41) is 13.6. The molecule has 2 heterocycles. The summed E-state index contributed by atoms with van der Waals surface area (Å²) in [4.78, 5) is 29.4. The standard InChI is InChI=1S/C25H21N5O2/c1-15-22(24(31)28-20-11-12-21-19(13-20)14-26-30-21)23(29-25(32)27-15)18-9-7-17(8-10-18)16-5-3-2-4-6-16/h2-14,22-23H,1H3,(H,26,30)(H,28,31)(H,29,32). The lowest BCUT2D eigenvalue weighted by atomic mass is 9.86. The third-order valence-corrected chi connectivity index (χ3v) is 5.71. The van der Waals surface area contributed by atoms with Crippen molar-refractivity contribution in [3.63, 3.8) is 0 Å². The van der Waals surface area contributed by atoms with Gasteiger partial charge < -0.3 is 10.6 Å². The van der Waals surface area contributed by atoms with E-state index in [1.165, 1.54) is 0 Å². The number of carbonyl (C=O) groups is 2. The van der Waals surface area contributed by atoms with Crippen LogP contribution in [0, 0.1) is 5.92 Å². The number of hydrogen-bond donors (Lipinski definition) is 3. The summed E-state index contributed by atoms with van der Waals surface area (Å²) < 4.78 is 0. The zero-order valence-corrected chi connectivity index (χ0v) is 17.4. The molecule has 0 spiro atoms. The van der Waals surface area contributed by atoms with Crippen LogP contribution >= 0.6 is 0 Å². The Morgan fingerprint density at radius 3 is 2.50 bits per heavy atom. The normalized spacial score (nSPS) is 18.2. The van der Waals surface area contributed by atoms with Crippen molar-refractivity contribution < 1.29 is 9.59 Å². The fourth-order valence-corrected chi connectivity index (χ4v) is 4.09. The number of hydrogen-bond acceptors (Lipinski definition) is 3. The van der Waals surface area contributed by atoms with Gasteiger partial charge in [-0.15, -0.1) is 0 Å². The summed E-state index contributed by atoms with van der Waals surface area (Å²) in [6.45, 7) is 1.72. The molecular formula is C25H21N5O2. The summed E-state index contributed by atoms with van der Waals surface area (Å²) in [6.07, 6.45) is 1.70. The van der Waals surface area contributed by atoms with Gasteiger partial charge >= 0.3 is 6.03 Å². The van der Waals surface area contributed by atoms with Gasteiger partial charge in [-0.1, -0.05) is 54.6 Å². The van der Waals surface area contributed by atoms with Gasteiger partial charge in [-0.05, 0) is 41.8 Å². The van der Waals surface area contributed by atoms with Gasteiger partial charge in [0.2, 0.25) is 5.91 Å². The molecule has 7 heteroatoms. The van der Waals surface area contributed by atoms with Gasteiger partial charge in [0, 0.05) is 16.8 Å². The number of nitrogens with zero attached hydrogens (tertiary/aromatic N) is 2. The highest BCUT2D eigenvalue weighted by molar-refractivity contribution is 6.13. The maximum absolute atomic E-state index is 13.3. The first kappa shape index (κ1) is 19.7. The molecule has 3 N–H and O–H groups in total. The molecule has 0 radical (unpaired) electrons. The molecule has 0 aliphatic carbocycles. The summed E-state index contributed by atoms with van der Waals surface area (Å²) >= 11 is 0. The second-order valence-corrected chi connectivity index (χ2v) is 7.81. The average Bonchev–Trinajstić information content (AvgIpc) is 3.27. The number of aromatic amines is 1. The van der Waals surface area contributed by atoms with Crippen LogP contribution in [-0.4, -0.2) is 27.8 Å². The third kappa shape index (κ3) is 3.76. The highest BCUT2D eigenvalue weighted by Gasteiger charge is 2.36. The molecule has 3 amide bonds. The lowest BCUT2D eigenvalue weighted by molar-refractivity contribution is -0.118. The molecule has 0 fully saturated rings. The van der Waals surface area contributed by atoms with E-state index in [0.717, 1.165) is 27.6 Å². The molecule has 0 bridgehead atoms. The van der Waals surface area contributed by atoms with Crippen LogP contribution in [0.2, 0.25) is 0 Å². The van der Waals surface area contributed by atoms with Crippen LogP contribution < -0.4 is 10.6 Å². The van der Waals surface area contributed by atoms with Crippen LogP contribution in [0.15, 0.2) is 84.0 Å². The van der Waals surface area contributed by atoms with Crippen molar-refractivity contribution in [2.45, 2.75) is 13.0 Å². The number of aromatic nitrogens is 2. The molecule has 0 saturated heterocycles. The first-order valence-electron chi connectivity index (χ1n) is 10.3. The van der Waals surface area contributed by atoms with E-state index in [0.29, 0.717) is 11.4 Å². The molecule has 5 rings (SSSR count). The smallest absolute Gasteiger partial charge is 0.328 e. The highest BCUT2D eigenvalue weighted by Crippen LogP contribution is 2.30. The van der Waals surface area contributed by atoms with Gasteiger partial charge in [-0.25, -0.2) is 9.79 Å². The molecule has 2 atom stereocenters. The zero-order valence-electron chi connectivity index (χ0n) is 17.4. The van der Waals surface area contributed by atoms with Crippen molar-refractivity contribution in [1.29, 1.82) is 0 Å². The lowest BCUT2D eigenvalue weighted by Crippen LogP contribution is -2.45. The SMILES string of the molecule is CC1=NC(=O)NC(c2ccc(-c3ccccc3)cc2)C1C(=O)Nc1ccc2[nH]ncc2c1. The number of urea groups is 1. The lowest BCUT2D eigenvalue weighted by Gasteiger charge is -2.30. The van der Waals surface area contributed by atoms with Crippen molar-refractivity contribution in [3.8, 4) is 11.1 Å². The molecule has 4 aromatic rings. The van der Waals surface area contributed by atoms with E-state index in [1.807, 2.05) is 72.8 Å². The molecule has 7 nitrogen and oxygen atoms in total. The summed E-state index contributed by atoms with van der Waals surface area (Å²) in [5.74, 6) is -0.860. The van der Waals surface area contributed by atoms with Crippen molar-refractivity contribution >= 4 is 34.2 Å². The third-order valence-electron chi connectivity index (χ3n) is 5.71. The molecular weight excluding hydrogens is 402 g/mol. The van der Waals surface area contributed by atoms with Crippen LogP contribution in [-0.2, 0) is 4.79 Å². The summed E-state index contributed by atoms with van der Waals surface area (Å²) in [6, 6.07) is 22.5. The summed E-state index contributed by atoms with van der Waals surface area (Å²) in [5.41, 5.74) is 5.05. The van der Waals surface area contributed by atoms with E-state index in [1.54, 1.807) is 13.1 Å². The van der Waals surface area contributed by atoms with Crippen LogP contribution in [0.1, 0.15) is 18.5 Å². The minimum atomic E-state index is -0.629. The Morgan fingerprint density at radius 1 is 0.969 bits per heavy atom. The van der Waals surface area contributed by atoms with E-state index in [-0.39, 0.29) is 5.91 Å². The molecule has 1 aliphatic rings. The van der Waals surface area contributed by atoms with Gasteiger partial charge in [0.1, 0.15) is 5.92 Å². The second kappa shape index (κ2) is 8.11. The van der Waals surface area contributed by atoms with E-state index in [9.17, 15) is 9.59 Å². The van der Waals surface area contributed by atoms with E-state index >= 15 is 0 Å². The Bertz CT molecular complexity index is 1330. The van der Waals surface area contributed by atoms with Gasteiger partial charge in [0.15, 0.2) is 0 Å². The molecule has 3 aromatic carbocycles. The Labute approximate surface area is 184 Å². The molecule has 1 aliphatic heterocycles. The number of amides is 3. The van der Waals surface area contributed by atoms with Gasteiger partial charge in [-0.3, -0.25) is 9.89 Å². The maximum atomic E-state index is 13.3. The number of nitrogens with one attached hydrogen (secondary N) is 3. The van der Waals surface area contributed by atoms with E-state index in [2.05, 4.69) is 25.8 Å². The zero-order chi connectivity index (χ0) is 22.1. The minimum Gasteiger partial charge on any atom is -0.328 e. The second-order valence-electron chi connectivity index (χ2n) is 7.81. The van der Waals surface area contributed by atoms with Crippen molar-refractivity contribution in [3.05, 3.63) is 84.6 Å². The van der Waals surface area contributed by atoms with Crippen LogP contribution in [0.5, 0.6) is 0 Å². The van der Waals surface area contributed by atoms with Gasteiger partial charge in [0.05, 0.1) is 17.8 Å². The molecule has 158 valence electrons. The van der Waals surface area contributed by atoms with Crippen LogP contribution in [0.3, 0.4) is 0 Å². The predicted molar refractivity (Wildman–Crippen MR) is 124 cm³/mol. The first-order valence-corrected chi connectivity index (χ1v) is 10.3. The number of fused-ring (bicyclic) bond motifs is 1. The van der Waals surface area contributed by atoms with Crippen LogP contribution in [0.4, 0.5) is 10.5 Å². The topological polar surface area (TPSA) is 99.2 Å². The Kier molecular flexibility index (Phi) is 4.99. The maximum Gasteiger partial charge on any atom is 0.341 e. The van der Waals surface area contributed by atoms with Crippen molar-refractivity contribution in [2.24, 2.45) is 10.9 Å². The van der Waals surface area contributed by atoms with Crippen molar-refractivity contribution in [2.75, 3.05) is 5.32 Å². The number of H-pyrrole nitrogens is 1. The minimum absolute atomic E-state index is 0.230. The fourth-order valence-electron chi connectivity index (χ4n) is 4.09. The Balaban J connectivity index is 1.43. The van der Waals surface area contributed by atoms with Gasteiger partial charge in [0.25, 0.3) is 0 Å². The Hall–Kier alpha value is -4.26. The average molecular weight is 423 g/mol. The first-order chi connectivity index (χ1) is 15.6. The fraction of sp³-hybridized carbons (Fsp3) is 0.120. The molecule has 0 saturated carbocycles. The quantitative estimate of drug-likeness (QED) is 0.443. The van der Waals surface area contributed by atoms with Crippen molar-refractivity contribution in [1.82, 2.24) is 15.5 Å². The number of aliphatic imine (C=N–C) groups is 1. The van der Waals surface area contributed by atoms with Gasteiger partial charge in [-0.2, -0.15) is 5.10 Å². The molecule has 2 unspecified atom stereocenters. The summed E-state index contributed by atoms with van der Waals surface area (Å²) in [7, 11) is 0. The number of anilines is 1. The molecule has 1 aromatic heterocycles. The Morgan fingerprint density at radius 2 is 1.72 bits per heavy atom. The largest absolute Gasteiger partial charge is 0.341 e. The number of benzene rings is 3. The number of carbonyl (C=O) groups excluding carboxylic acids is 2. The molecule has 32 heavy (non-hydrogen) atoms. The van der Waals surface area contributed by atoms with Crippen LogP contribution in [0.25, 0.3) is 22.0 Å². The van der Waals surface area contributed by atoms with E-state index < -0.39 is 18.0 Å². The monoisotopic (exact) mass is 423 g/mol. The predicted octanol–water partition coefficient (Wildman–Crippen LogP) is 4.71. The van der Waals surface area contributed by atoms with E-state index in [4.69, 9.17) is 0 Å².